The summed E-state index contributed by atoms with van der Waals surface area (Å²) in [6, 6.07) is 4.74. The van der Waals surface area contributed by atoms with Gasteiger partial charge >= 0.3 is 0 Å². The molecule has 1 fully saturated rings. The maximum Gasteiger partial charge on any atom is 0.126 e. The van der Waals surface area contributed by atoms with Crippen LogP contribution in [0.15, 0.2) is 18.3 Å². The minimum absolute atomic E-state index is 0.643. The number of aryl methyl sites for hydroxylation is 1. The van der Waals surface area contributed by atoms with Gasteiger partial charge in [0, 0.05) is 23.7 Å². The summed E-state index contributed by atoms with van der Waals surface area (Å²) in [7, 11) is 0. The zero-order chi connectivity index (χ0) is 8.39. The van der Waals surface area contributed by atoms with Crippen molar-refractivity contribution in [3.8, 4) is 0 Å². The van der Waals surface area contributed by atoms with Crippen molar-refractivity contribution in [1.82, 2.24) is 4.98 Å². The maximum absolute atomic E-state index is 4.24. The molecule has 12 heavy (non-hydrogen) atoms. The van der Waals surface area contributed by atoms with Crippen LogP contribution in [0.3, 0.4) is 0 Å². The lowest BCUT2D eigenvalue weighted by Gasteiger charge is -2.26. The quantitative estimate of drug-likeness (QED) is 0.752. The van der Waals surface area contributed by atoms with Gasteiger partial charge in [-0.15, -0.1) is 0 Å². The summed E-state index contributed by atoms with van der Waals surface area (Å²) in [5.41, 5.74) is 1.26. The van der Waals surface area contributed by atoms with Gasteiger partial charge in [0.25, 0.3) is 0 Å². The van der Waals surface area contributed by atoms with Crippen LogP contribution in [-0.2, 0) is 0 Å². The minimum atomic E-state index is 0.643. The molecule has 0 amide bonds. The SMILES string of the molecule is Cc1ccnc(NC2CSC2)c1. The van der Waals surface area contributed by atoms with Gasteiger partial charge in [0.1, 0.15) is 5.82 Å². The molecule has 2 nitrogen and oxygen atoms in total. The van der Waals surface area contributed by atoms with E-state index < -0.39 is 0 Å². The molecule has 0 aliphatic carbocycles. The highest BCUT2D eigenvalue weighted by atomic mass is 32.2. The van der Waals surface area contributed by atoms with Gasteiger partial charge in [-0.05, 0) is 24.6 Å². The van der Waals surface area contributed by atoms with E-state index in [4.69, 9.17) is 0 Å². The van der Waals surface area contributed by atoms with E-state index in [0.29, 0.717) is 6.04 Å². The van der Waals surface area contributed by atoms with Crippen LogP contribution in [0.25, 0.3) is 0 Å². The molecule has 0 spiro atoms. The summed E-state index contributed by atoms with van der Waals surface area (Å²) >= 11 is 1.98. The highest BCUT2D eigenvalue weighted by Crippen LogP contribution is 2.21. The standard InChI is InChI=1S/C9H12N2S/c1-7-2-3-10-9(4-7)11-8-5-12-6-8/h2-4,8H,5-6H2,1H3,(H,10,11). The molecule has 3 heteroatoms. The van der Waals surface area contributed by atoms with Crippen molar-refractivity contribution in [2.45, 2.75) is 13.0 Å². The van der Waals surface area contributed by atoms with Crippen LogP contribution in [-0.4, -0.2) is 22.5 Å². The lowest BCUT2D eigenvalue weighted by atomic mass is 10.3. The number of rotatable bonds is 2. The largest absolute Gasteiger partial charge is 0.366 e. The molecule has 0 radical (unpaired) electrons. The Bertz CT molecular complexity index is 271. The normalized spacial score (nSPS) is 17.1. The van der Waals surface area contributed by atoms with E-state index in [-0.39, 0.29) is 0 Å². The Morgan fingerprint density at radius 1 is 1.58 bits per heavy atom. The molecule has 64 valence electrons. The van der Waals surface area contributed by atoms with Gasteiger partial charge in [0.2, 0.25) is 0 Å². The average molecular weight is 180 g/mol. The second-order valence-electron chi connectivity index (χ2n) is 3.10. The summed E-state index contributed by atoms with van der Waals surface area (Å²) < 4.78 is 0. The van der Waals surface area contributed by atoms with E-state index in [1.54, 1.807) is 0 Å². The predicted octanol–water partition coefficient (Wildman–Crippen LogP) is 1.92. The fourth-order valence-electron chi connectivity index (χ4n) is 1.14. The van der Waals surface area contributed by atoms with Gasteiger partial charge < -0.3 is 5.32 Å². The first-order valence-electron chi connectivity index (χ1n) is 4.11. The third-order valence-corrected chi connectivity index (χ3v) is 3.18. The van der Waals surface area contributed by atoms with E-state index in [2.05, 4.69) is 23.3 Å². The van der Waals surface area contributed by atoms with Crippen molar-refractivity contribution in [3.63, 3.8) is 0 Å². The van der Waals surface area contributed by atoms with Gasteiger partial charge in [0.15, 0.2) is 0 Å². The van der Waals surface area contributed by atoms with Crippen LogP contribution >= 0.6 is 11.8 Å². The van der Waals surface area contributed by atoms with E-state index in [9.17, 15) is 0 Å². The highest BCUT2D eigenvalue weighted by Gasteiger charge is 2.17. The molecule has 0 saturated carbocycles. The minimum Gasteiger partial charge on any atom is -0.366 e. The summed E-state index contributed by atoms with van der Waals surface area (Å²) in [5.74, 6) is 3.45. The molecular formula is C9H12N2S. The van der Waals surface area contributed by atoms with Crippen molar-refractivity contribution in [2.24, 2.45) is 0 Å². The molecular weight excluding hydrogens is 168 g/mol. The molecule has 1 aliphatic rings. The number of nitrogens with one attached hydrogen (secondary N) is 1. The predicted molar refractivity (Wildman–Crippen MR) is 53.7 cm³/mol. The fourth-order valence-corrected chi connectivity index (χ4v) is 1.78. The van der Waals surface area contributed by atoms with E-state index in [1.807, 2.05) is 24.0 Å². The fraction of sp³-hybridized carbons (Fsp3) is 0.444. The Hall–Kier alpha value is -0.700. The first-order valence-corrected chi connectivity index (χ1v) is 5.27. The van der Waals surface area contributed by atoms with E-state index in [1.165, 1.54) is 17.1 Å². The average Bonchev–Trinajstić information content (AvgIpc) is 1.97. The smallest absolute Gasteiger partial charge is 0.126 e. The van der Waals surface area contributed by atoms with Gasteiger partial charge in [0.05, 0.1) is 0 Å². The molecule has 1 N–H and O–H groups in total. The highest BCUT2D eigenvalue weighted by molar-refractivity contribution is 8.00. The topological polar surface area (TPSA) is 24.9 Å². The van der Waals surface area contributed by atoms with E-state index in [0.717, 1.165) is 5.82 Å². The summed E-state index contributed by atoms with van der Waals surface area (Å²) in [6.45, 7) is 2.09. The van der Waals surface area contributed by atoms with Crippen LogP contribution in [0.1, 0.15) is 5.56 Å². The molecule has 1 saturated heterocycles. The Morgan fingerprint density at radius 3 is 3.00 bits per heavy atom. The van der Waals surface area contributed by atoms with Gasteiger partial charge in [-0.3, -0.25) is 0 Å². The third kappa shape index (κ3) is 1.72. The lowest BCUT2D eigenvalue weighted by Crippen LogP contribution is -2.33. The van der Waals surface area contributed by atoms with Crippen LogP contribution in [0.5, 0.6) is 0 Å². The number of hydrogen-bond donors (Lipinski definition) is 1. The van der Waals surface area contributed by atoms with E-state index >= 15 is 0 Å². The lowest BCUT2D eigenvalue weighted by molar-refractivity contribution is 0.872. The number of aromatic nitrogens is 1. The van der Waals surface area contributed by atoms with Gasteiger partial charge in [-0.1, -0.05) is 0 Å². The summed E-state index contributed by atoms with van der Waals surface area (Å²) in [6.07, 6.45) is 1.85. The number of thioether (sulfide) groups is 1. The third-order valence-electron chi connectivity index (χ3n) is 1.91. The number of anilines is 1. The molecule has 0 aromatic carbocycles. The van der Waals surface area contributed by atoms with Crippen LogP contribution in [0.4, 0.5) is 5.82 Å². The zero-order valence-electron chi connectivity index (χ0n) is 7.08. The number of pyridine rings is 1. The second-order valence-corrected chi connectivity index (χ2v) is 4.17. The van der Waals surface area contributed by atoms with Crippen molar-refractivity contribution in [1.29, 1.82) is 0 Å². The molecule has 1 aliphatic heterocycles. The van der Waals surface area contributed by atoms with Gasteiger partial charge in [-0.2, -0.15) is 11.8 Å². The Balaban J connectivity index is 2.02. The molecule has 0 atom stereocenters. The molecule has 1 aromatic rings. The Kier molecular flexibility index (Phi) is 2.21. The first kappa shape index (κ1) is 7.92. The Morgan fingerprint density at radius 2 is 2.42 bits per heavy atom. The van der Waals surface area contributed by atoms with Crippen LogP contribution < -0.4 is 5.32 Å². The maximum atomic E-state index is 4.24. The monoisotopic (exact) mass is 180 g/mol. The number of hydrogen-bond acceptors (Lipinski definition) is 3. The zero-order valence-corrected chi connectivity index (χ0v) is 7.90. The van der Waals surface area contributed by atoms with Crippen molar-refractivity contribution < 1.29 is 0 Å². The van der Waals surface area contributed by atoms with Crippen molar-refractivity contribution in [3.05, 3.63) is 23.9 Å². The second kappa shape index (κ2) is 3.35. The molecule has 0 bridgehead atoms. The first-order chi connectivity index (χ1) is 5.84. The molecule has 2 heterocycles. The molecule has 2 rings (SSSR count). The summed E-state index contributed by atoms with van der Waals surface area (Å²) in [4.78, 5) is 4.24. The molecule has 1 aromatic heterocycles. The van der Waals surface area contributed by atoms with Crippen LogP contribution in [0.2, 0.25) is 0 Å². The Labute approximate surface area is 76.8 Å². The number of nitrogens with zero attached hydrogens (tertiary/aromatic N) is 1. The van der Waals surface area contributed by atoms with Gasteiger partial charge in [-0.25, -0.2) is 4.98 Å². The van der Waals surface area contributed by atoms with Crippen molar-refractivity contribution >= 4 is 17.6 Å². The van der Waals surface area contributed by atoms with Crippen LogP contribution in [0, 0.1) is 6.92 Å². The summed E-state index contributed by atoms with van der Waals surface area (Å²) in [5, 5.41) is 3.39. The van der Waals surface area contributed by atoms with Crippen molar-refractivity contribution in [2.75, 3.05) is 16.8 Å². The molecule has 0 unspecified atom stereocenters.